The van der Waals surface area contributed by atoms with Gasteiger partial charge in [-0.05, 0) is 50.5 Å². The van der Waals surface area contributed by atoms with Gasteiger partial charge >= 0.3 is 0 Å². The number of hydrogen-bond acceptors (Lipinski definition) is 2. The zero-order valence-corrected chi connectivity index (χ0v) is 15.5. The molecule has 130 valence electrons. The molecule has 0 bridgehead atoms. The van der Waals surface area contributed by atoms with Crippen molar-refractivity contribution in [3.05, 3.63) is 65.6 Å². The molecule has 3 heterocycles. The molecule has 4 rings (SSSR count). The van der Waals surface area contributed by atoms with Crippen molar-refractivity contribution in [2.75, 3.05) is 6.54 Å². The summed E-state index contributed by atoms with van der Waals surface area (Å²) in [6, 6.07) is 13.1. The molecule has 1 aromatic carbocycles. The summed E-state index contributed by atoms with van der Waals surface area (Å²) in [4.78, 5) is 6.86. The monoisotopic (exact) mass is 333 g/mol. The molecule has 0 aliphatic carbocycles. The van der Waals surface area contributed by atoms with Crippen LogP contribution in [0.3, 0.4) is 0 Å². The molecule has 3 aromatic rings. The maximum atomic E-state index is 4.26. The first-order valence-corrected chi connectivity index (χ1v) is 9.27. The third-order valence-electron chi connectivity index (χ3n) is 5.46. The third kappa shape index (κ3) is 3.09. The summed E-state index contributed by atoms with van der Waals surface area (Å²) in [5.74, 6) is 0. The molecule has 0 N–H and O–H groups in total. The number of fused-ring (bicyclic) bond motifs is 3. The minimum Gasteiger partial charge on any atom is -0.344 e. The van der Waals surface area contributed by atoms with E-state index in [2.05, 4.69) is 65.6 Å². The fourth-order valence-electron chi connectivity index (χ4n) is 4.02. The molecule has 2 aromatic heterocycles. The first-order valence-electron chi connectivity index (χ1n) is 9.27. The minimum absolute atomic E-state index is 0.219. The lowest BCUT2D eigenvalue weighted by Crippen LogP contribution is -2.44. The molecule has 3 heteroatoms. The van der Waals surface area contributed by atoms with E-state index in [9.17, 15) is 0 Å². The maximum absolute atomic E-state index is 4.26. The molecule has 0 unspecified atom stereocenters. The third-order valence-corrected chi connectivity index (χ3v) is 5.46. The van der Waals surface area contributed by atoms with Gasteiger partial charge in [0, 0.05) is 60.6 Å². The first kappa shape index (κ1) is 16.3. The molecular formula is C22H27N3. The quantitative estimate of drug-likeness (QED) is 0.707. The Hall–Kier alpha value is -2.13. The van der Waals surface area contributed by atoms with Crippen LogP contribution in [-0.4, -0.2) is 26.5 Å². The number of para-hydroxylation sites is 1. The van der Waals surface area contributed by atoms with Crippen molar-refractivity contribution in [2.24, 2.45) is 0 Å². The molecular weight excluding hydrogens is 306 g/mol. The number of hydrogen-bond donors (Lipinski definition) is 0. The molecule has 0 atom stereocenters. The highest BCUT2D eigenvalue weighted by Gasteiger charge is 2.29. The highest BCUT2D eigenvalue weighted by molar-refractivity contribution is 5.85. The van der Waals surface area contributed by atoms with Crippen LogP contribution in [0.15, 0.2) is 48.8 Å². The number of nitrogens with zero attached hydrogens (tertiary/aromatic N) is 3. The van der Waals surface area contributed by atoms with Gasteiger partial charge in [-0.25, -0.2) is 0 Å². The minimum atomic E-state index is 0.219. The Kier molecular flexibility index (Phi) is 4.12. The summed E-state index contributed by atoms with van der Waals surface area (Å²) in [6.45, 7) is 10.2. The lowest BCUT2D eigenvalue weighted by Gasteiger charge is -2.38. The fraction of sp³-hybridized carbons (Fsp3) is 0.409. The number of rotatable bonds is 3. The van der Waals surface area contributed by atoms with E-state index in [0.717, 1.165) is 32.5 Å². The fourth-order valence-corrected chi connectivity index (χ4v) is 4.02. The van der Waals surface area contributed by atoms with Crippen LogP contribution in [0.4, 0.5) is 0 Å². The van der Waals surface area contributed by atoms with Crippen molar-refractivity contribution in [1.29, 1.82) is 0 Å². The SMILES string of the molecule is CC(C)(C)N1CCc2c(c3ccccc3n2CCc2cccnc2)C1. The Morgan fingerprint density at radius 1 is 1.08 bits per heavy atom. The normalized spacial score (nSPS) is 15.5. The predicted octanol–water partition coefficient (Wildman–Crippen LogP) is 4.44. The zero-order valence-electron chi connectivity index (χ0n) is 15.5. The Morgan fingerprint density at radius 3 is 2.68 bits per heavy atom. The van der Waals surface area contributed by atoms with Gasteiger partial charge < -0.3 is 4.57 Å². The zero-order chi connectivity index (χ0) is 17.4. The van der Waals surface area contributed by atoms with E-state index in [-0.39, 0.29) is 5.54 Å². The molecule has 1 aliphatic heterocycles. The van der Waals surface area contributed by atoms with Crippen LogP contribution < -0.4 is 0 Å². The molecule has 0 amide bonds. The summed E-state index contributed by atoms with van der Waals surface area (Å²) < 4.78 is 2.55. The Bertz CT molecular complexity index is 871. The van der Waals surface area contributed by atoms with E-state index < -0.39 is 0 Å². The second kappa shape index (κ2) is 6.30. The van der Waals surface area contributed by atoms with Crippen molar-refractivity contribution in [2.45, 2.75) is 52.2 Å². The van der Waals surface area contributed by atoms with Crippen LogP contribution in [0.1, 0.15) is 37.6 Å². The van der Waals surface area contributed by atoms with Gasteiger partial charge in [-0.1, -0.05) is 24.3 Å². The van der Waals surface area contributed by atoms with Crippen LogP contribution in [0.2, 0.25) is 0 Å². The van der Waals surface area contributed by atoms with Crippen LogP contribution in [-0.2, 0) is 25.9 Å². The Labute approximate surface area is 150 Å². The van der Waals surface area contributed by atoms with Crippen LogP contribution in [0.25, 0.3) is 10.9 Å². The van der Waals surface area contributed by atoms with Gasteiger partial charge in [-0.15, -0.1) is 0 Å². The van der Waals surface area contributed by atoms with Crippen LogP contribution in [0.5, 0.6) is 0 Å². The molecule has 0 saturated carbocycles. The van der Waals surface area contributed by atoms with Crippen molar-refractivity contribution >= 4 is 10.9 Å². The smallest absolute Gasteiger partial charge is 0.0486 e. The van der Waals surface area contributed by atoms with Gasteiger partial charge in [0.25, 0.3) is 0 Å². The van der Waals surface area contributed by atoms with E-state index in [1.165, 1.54) is 27.7 Å². The molecule has 1 aliphatic rings. The van der Waals surface area contributed by atoms with Gasteiger partial charge in [0.15, 0.2) is 0 Å². The molecule has 0 saturated heterocycles. The number of benzene rings is 1. The summed E-state index contributed by atoms with van der Waals surface area (Å²) in [7, 11) is 0. The highest BCUT2D eigenvalue weighted by Crippen LogP contribution is 2.33. The molecule has 25 heavy (non-hydrogen) atoms. The van der Waals surface area contributed by atoms with Crippen molar-refractivity contribution in [3.8, 4) is 0 Å². The molecule has 0 radical (unpaired) electrons. The van der Waals surface area contributed by atoms with Gasteiger partial charge in [-0.3, -0.25) is 9.88 Å². The van der Waals surface area contributed by atoms with E-state index in [4.69, 9.17) is 0 Å². The summed E-state index contributed by atoms with van der Waals surface area (Å²) >= 11 is 0. The van der Waals surface area contributed by atoms with Gasteiger partial charge in [0.2, 0.25) is 0 Å². The largest absolute Gasteiger partial charge is 0.344 e. The summed E-state index contributed by atoms with van der Waals surface area (Å²) in [6.07, 6.45) is 5.99. The van der Waals surface area contributed by atoms with E-state index >= 15 is 0 Å². The lowest BCUT2D eigenvalue weighted by atomic mass is 9.98. The number of aryl methyl sites for hydroxylation is 2. The summed E-state index contributed by atoms with van der Waals surface area (Å²) in [5.41, 5.74) is 5.97. The standard InChI is InChI=1S/C22H27N3/c1-22(2,3)24-13-11-21-19(16-24)18-8-4-5-9-20(18)25(21)14-10-17-7-6-12-23-15-17/h4-9,12,15H,10-11,13-14,16H2,1-3H3. The molecule has 0 fully saturated rings. The second-order valence-corrected chi connectivity index (χ2v) is 8.05. The van der Waals surface area contributed by atoms with Crippen LogP contribution >= 0.6 is 0 Å². The van der Waals surface area contributed by atoms with Crippen molar-refractivity contribution in [1.82, 2.24) is 14.5 Å². The Morgan fingerprint density at radius 2 is 1.92 bits per heavy atom. The average molecular weight is 333 g/mol. The van der Waals surface area contributed by atoms with Crippen molar-refractivity contribution in [3.63, 3.8) is 0 Å². The topological polar surface area (TPSA) is 21.1 Å². The first-order chi connectivity index (χ1) is 12.0. The van der Waals surface area contributed by atoms with E-state index in [1.54, 1.807) is 0 Å². The predicted molar refractivity (Wildman–Crippen MR) is 104 cm³/mol. The molecule has 0 spiro atoms. The highest BCUT2D eigenvalue weighted by atomic mass is 15.2. The van der Waals surface area contributed by atoms with E-state index in [0.29, 0.717) is 0 Å². The van der Waals surface area contributed by atoms with Gasteiger partial charge in [0.1, 0.15) is 0 Å². The Balaban J connectivity index is 1.71. The second-order valence-electron chi connectivity index (χ2n) is 8.05. The van der Waals surface area contributed by atoms with Crippen molar-refractivity contribution < 1.29 is 0 Å². The number of pyridine rings is 1. The van der Waals surface area contributed by atoms with E-state index in [1.807, 2.05) is 18.5 Å². The average Bonchev–Trinajstić information content (AvgIpc) is 2.93. The van der Waals surface area contributed by atoms with Crippen LogP contribution in [0, 0.1) is 0 Å². The van der Waals surface area contributed by atoms with Gasteiger partial charge in [-0.2, -0.15) is 0 Å². The maximum Gasteiger partial charge on any atom is 0.0486 e. The van der Waals surface area contributed by atoms with Gasteiger partial charge in [0.05, 0.1) is 0 Å². The summed E-state index contributed by atoms with van der Waals surface area (Å²) in [5, 5.41) is 1.43. The molecule has 3 nitrogen and oxygen atoms in total. The number of aromatic nitrogens is 2. The lowest BCUT2D eigenvalue weighted by molar-refractivity contribution is 0.120.